The molecule has 0 spiro atoms. The summed E-state index contributed by atoms with van der Waals surface area (Å²) in [5.74, 6) is 0. The summed E-state index contributed by atoms with van der Waals surface area (Å²) in [6.07, 6.45) is -3.40. The lowest BCUT2D eigenvalue weighted by atomic mass is 9.94. The Kier molecular flexibility index (Phi) is 6.22. The van der Waals surface area contributed by atoms with Gasteiger partial charge in [0.15, 0.2) is 5.13 Å². The van der Waals surface area contributed by atoms with Crippen molar-refractivity contribution in [2.24, 2.45) is 0 Å². The number of halogens is 4. The highest BCUT2D eigenvalue weighted by molar-refractivity contribution is 9.10. The molecule has 0 saturated carbocycles. The van der Waals surface area contributed by atoms with Gasteiger partial charge >= 0.3 is 6.18 Å². The number of benzene rings is 1. The lowest BCUT2D eigenvalue weighted by molar-refractivity contribution is -0.139. The smallest absolute Gasteiger partial charge is 0.384 e. The van der Waals surface area contributed by atoms with Gasteiger partial charge in [0.25, 0.3) is 0 Å². The Bertz CT molecular complexity index is 702. The molecular weight excluding hydrogens is 425 g/mol. The molecule has 0 aliphatic rings. The number of rotatable bonds is 6. The van der Waals surface area contributed by atoms with Gasteiger partial charge in [-0.1, -0.05) is 29.8 Å². The van der Waals surface area contributed by atoms with Crippen molar-refractivity contribution < 1.29 is 18.3 Å². The molecule has 3 nitrogen and oxygen atoms in total. The molecule has 0 bridgehead atoms. The van der Waals surface area contributed by atoms with E-state index < -0.39 is 17.3 Å². The average molecular weight is 441 g/mol. The van der Waals surface area contributed by atoms with Crippen LogP contribution < -0.4 is 4.72 Å². The van der Waals surface area contributed by atoms with Crippen LogP contribution in [-0.4, -0.2) is 10.1 Å². The quantitative estimate of drug-likeness (QED) is 0.536. The molecule has 2 N–H and O–H groups in total. The summed E-state index contributed by atoms with van der Waals surface area (Å²) in [4.78, 5) is 4.35. The molecule has 0 aliphatic carbocycles. The van der Waals surface area contributed by atoms with Gasteiger partial charge < -0.3 is 9.83 Å². The second-order valence-electron chi connectivity index (χ2n) is 5.12. The third-order valence-corrected chi connectivity index (χ3v) is 5.90. The maximum Gasteiger partial charge on any atom is 0.417 e. The molecule has 0 atom stereocenters. The topological polar surface area (TPSA) is 45.1 Å². The fraction of sp³-hybridized carbons (Fsp3) is 0.400. The molecule has 132 valence electrons. The van der Waals surface area contributed by atoms with Gasteiger partial charge in [-0.25, -0.2) is 4.98 Å². The minimum Gasteiger partial charge on any atom is -0.384 e. The Morgan fingerprint density at radius 3 is 2.54 bits per heavy atom. The van der Waals surface area contributed by atoms with E-state index in [4.69, 9.17) is 0 Å². The maximum absolute atomic E-state index is 13.1. The minimum absolute atomic E-state index is 0.0590. The predicted octanol–water partition coefficient (Wildman–Crippen LogP) is 6.05. The summed E-state index contributed by atoms with van der Waals surface area (Å²) in [5.41, 5.74) is -1.19. The summed E-state index contributed by atoms with van der Waals surface area (Å²) in [7, 11) is 0. The molecule has 1 heterocycles. The molecule has 2 rings (SSSR count). The highest BCUT2D eigenvalue weighted by atomic mass is 79.9. The third kappa shape index (κ3) is 4.44. The number of aliphatic hydroxyl groups is 1. The Balaban J connectivity index is 2.17. The van der Waals surface area contributed by atoms with Crippen LogP contribution in [-0.2, 0) is 11.8 Å². The monoisotopic (exact) mass is 440 g/mol. The highest BCUT2D eigenvalue weighted by Crippen LogP contribution is 2.39. The van der Waals surface area contributed by atoms with Gasteiger partial charge in [-0.15, -0.1) is 11.3 Å². The zero-order valence-corrected chi connectivity index (χ0v) is 16.2. The number of anilines is 1. The van der Waals surface area contributed by atoms with Crippen molar-refractivity contribution in [3.8, 4) is 0 Å². The molecule has 0 unspecified atom stereocenters. The van der Waals surface area contributed by atoms with Crippen LogP contribution in [0.1, 0.15) is 37.9 Å². The second-order valence-corrected chi connectivity index (χ2v) is 7.74. The van der Waals surface area contributed by atoms with Crippen LogP contribution in [0.25, 0.3) is 0 Å². The zero-order chi connectivity index (χ0) is 18.0. The van der Waals surface area contributed by atoms with Crippen LogP contribution >= 0.6 is 39.2 Å². The molecule has 0 amide bonds. The molecule has 2 aromatic rings. The van der Waals surface area contributed by atoms with Gasteiger partial charge in [-0.05, 0) is 43.0 Å². The number of nitrogens with one attached hydrogen (secondary N) is 1. The largest absolute Gasteiger partial charge is 0.417 e. The lowest BCUT2D eigenvalue weighted by Gasteiger charge is -2.22. The van der Waals surface area contributed by atoms with Crippen molar-refractivity contribution in [3.63, 3.8) is 0 Å². The van der Waals surface area contributed by atoms with Gasteiger partial charge in [0.2, 0.25) is 0 Å². The normalized spacial score (nSPS) is 12.5. The van der Waals surface area contributed by atoms with E-state index in [9.17, 15) is 18.3 Å². The molecule has 1 aromatic heterocycles. The van der Waals surface area contributed by atoms with Crippen LogP contribution in [0.2, 0.25) is 0 Å². The number of hydrogen-bond donors (Lipinski definition) is 2. The summed E-state index contributed by atoms with van der Waals surface area (Å²) in [6.45, 7) is 3.73. The van der Waals surface area contributed by atoms with Crippen molar-refractivity contribution in [3.05, 3.63) is 39.3 Å². The van der Waals surface area contributed by atoms with Crippen LogP contribution in [0.5, 0.6) is 0 Å². The van der Waals surface area contributed by atoms with Gasteiger partial charge in [-0.3, -0.25) is 0 Å². The fourth-order valence-electron chi connectivity index (χ4n) is 2.06. The zero-order valence-electron chi connectivity index (χ0n) is 12.9. The van der Waals surface area contributed by atoms with Gasteiger partial charge in [0, 0.05) is 14.7 Å². The third-order valence-electron chi connectivity index (χ3n) is 3.65. The molecule has 0 saturated heterocycles. The first kappa shape index (κ1) is 19.6. The summed E-state index contributed by atoms with van der Waals surface area (Å²) in [5, 5.41) is 12.6. The predicted molar refractivity (Wildman–Crippen MR) is 95.2 cm³/mol. The van der Waals surface area contributed by atoms with E-state index >= 15 is 0 Å². The summed E-state index contributed by atoms with van der Waals surface area (Å²) < 4.78 is 42.5. The van der Waals surface area contributed by atoms with Crippen molar-refractivity contribution in [2.75, 3.05) is 4.72 Å². The summed E-state index contributed by atoms with van der Waals surface area (Å²) >= 11 is 5.16. The van der Waals surface area contributed by atoms with Crippen LogP contribution in [0.3, 0.4) is 0 Å². The molecular formula is C15H16BrF3N2OS2. The molecule has 0 radical (unpaired) electrons. The summed E-state index contributed by atoms with van der Waals surface area (Å²) in [6, 6.07) is 4.00. The van der Waals surface area contributed by atoms with E-state index in [0.29, 0.717) is 28.1 Å². The molecule has 0 aliphatic heterocycles. The number of thiazole rings is 1. The molecule has 0 fully saturated rings. The average Bonchev–Trinajstić information content (AvgIpc) is 3.01. The Morgan fingerprint density at radius 2 is 1.96 bits per heavy atom. The van der Waals surface area contributed by atoms with Crippen molar-refractivity contribution >= 4 is 44.3 Å². The number of hydrogen-bond acceptors (Lipinski definition) is 5. The second kappa shape index (κ2) is 7.63. The Labute approximate surface area is 155 Å². The van der Waals surface area contributed by atoms with E-state index in [-0.39, 0.29) is 4.90 Å². The van der Waals surface area contributed by atoms with Gasteiger partial charge in [0.05, 0.1) is 11.3 Å². The Hall–Kier alpha value is -0.770. The van der Waals surface area contributed by atoms with Crippen LogP contribution in [0.4, 0.5) is 18.3 Å². The molecule has 9 heteroatoms. The van der Waals surface area contributed by atoms with E-state index in [1.807, 2.05) is 13.8 Å². The SMILES string of the molecule is CCC(O)(CC)c1csc(NSc2ccc(Br)cc2C(F)(F)F)n1. The fourth-order valence-corrected chi connectivity index (χ4v) is 4.05. The van der Waals surface area contributed by atoms with Crippen molar-refractivity contribution in [1.29, 1.82) is 0 Å². The van der Waals surface area contributed by atoms with Crippen LogP contribution in [0.15, 0.2) is 32.9 Å². The first-order valence-corrected chi connectivity index (χ1v) is 9.66. The van der Waals surface area contributed by atoms with Gasteiger partial charge in [0.1, 0.15) is 5.60 Å². The Morgan fingerprint density at radius 1 is 1.29 bits per heavy atom. The van der Waals surface area contributed by atoms with Gasteiger partial charge in [-0.2, -0.15) is 13.2 Å². The number of aromatic nitrogens is 1. The number of alkyl halides is 3. The first-order valence-electron chi connectivity index (χ1n) is 7.17. The van der Waals surface area contributed by atoms with E-state index in [2.05, 4.69) is 25.6 Å². The minimum atomic E-state index is -4.44. The van der Waals surface area contributed by atoms with Crippen LogP contribution in [0, 0.1) is 0 Å². The lowest BCUT2D eigenvalue weighted by Crippen LogP contribution is -2.23. The van der Waals surface area contributed by atoms with Crippen molar-refractivity contribution in [1.82, 2.24) is 4.98 Å². The first-order chi connectivity index (χ1) is 11.2. The maximum atomic E-state index is 13.1. The highest BCUT2D eigenvalue weighted by Gasteiger charge is 2.34. The van der Waals surface area contributed by atoms with E-state index in [1.165, 1.54) is 17.4 Å². The van der Waals surface area contributed by atoms with Crippen molar-refractivity contribution in [2.45, 2.75) is 43.4 Å². The number of nitrogens with zero attached hydrogens (tertiary/aromatic N) is 1. The van der Waals surface area contributed by atoms with E-state index in [0.717, 1.165) is 18.0 Å². The standard InChI is InChI=1S/C15H16BrF3N2OS2/c1-3-14(22,4-2)12-8-23-13(20-12)21-24-11-6-5-9(16)7-10(11)15(17,18)19/h5-8,22H,3-4H2,1-2H3,(H,20,21). The molecule has 1 aromatic carbocycles. The van der Waals surface area contributed by atoms with E-state index in [1.54, 1.807) is 11.4 Å². The molecule has 24 heavy (non-hydrogen) atoms.